The second kappa shape index (κ2) is 10.3. The van der Waals surface area contributed by atoms with Crippen LogP contribution in [0.5, 0.6) is 11.5 Å². The molecule has 2 aromatic carbocycles. The van der Waals surface area contributed by atoms with Crippen molar-refractivity contribution in [2.45, 2.75) is 13.5 Å². The molecule has 27 heavy (non-hydrogen) atoms. The van der Waals surface area contributed by atoms with Gasteiger partial charge in [-0.15, -0.1) is 0 Å². The fourth-order valence-electron chi connectivity index (χ4n) is 2.35. The Bertz CT molecular complexity index is 910. The van der Waals surface area contributed by atoms with E-state index in [1.54, 1.807) is 25.1 Å². The zero-order chi connectivity index (χ0) is 19.8. The van der Waals surface area contributed by atoms with Gasteiger partial charge >= 0.3 is 0 Å². The molecule has 0 radical (unpaired) electrons. The first kappa shape index (κ1) is 21.2. The quantitative estimate of drug-likeness (QED) is 0.462. The minimum absolute atomic E-state index is 0.128. The summed E-state index contributed by atoms with van der Waals surface area (Å²) in [5, 5.41) is 2.59. The van der Waals surface area contributed by atoms with Gasteiger partial charge in [0.2, 0.25) is 0 Å². The Morgan fingerprint density at radius 3 is 2.41 bits per heavy atom. The standard InChI is InChI=1S/C18H14Cl2FNO2.CH5NO/c1-2-23-16-9-6-11(22-18(16)21)10-24-15-5-3-4-13-12(15)7-8-14(19)17(13)20;1-3-2/h3-9H,2,10H2,1H3;2H2,1H3. The number of hydrogen-bond donors (Lipinski definition) is 1. The fourth-order valence-corrected chi connectivity index (χ4v) is 2.74. The highest BCUT2D eigenvalue weighted by Gasteiger charge is 2.10. The Kier molecular flexibility index (Phi) is 8.06. The van der Waals surface area contributed by atoms with Gasteiger partial charge in [-0.2, -0.15) is 4.39 Å². The van der Waals surface area contributed by atoms with Gasteiger partial charge in [-0.25, -0.2) is 10.9 Å². The minimum atomic E-state index is -0.648. The molecule has 3 rings (SSSR count). The number of aromatic nitrogens is 1. The van der Waals surface area contributed by atoms with E-state index >= 15 is 0 Å². The van der Waals surface area contributed by atoms with E-state index in [0.717, 1.165) is 10.8 Å². The van der Waals surface area contributed by atoms with Gasteiger partial charge in [0.05, 0.1) is 29.5 Å². The van der Waals surface area contributed by atoms with Gasteiger partial charge in [0, 0.05) is 10.8 Å². The van der Waals surface area contributed by atoms with Crippen LogP contribution in [0.3, 0.4) is 0 Å². The summed E-state index contributed by atoms with van der Waals surface area (Å²) < 4.78 is 24.7. The lowest BCUT2D eigenvalue weighted by Crippen LogP contribution is -2.03. The van der Waals surface area contributed by atoms with E-state index in [1.807, 2.05) is 24.3 Å². The maximum Gasteiger partial charge on any atom is 0.255 e. The van der Waals surface area contributed by atoms with Crippen molar-refractivity contribution in [3.05, 3.63) is 64.2 Å². The Balaban J connectivity index is 0.000000817. The molecule has 0 unspecified atom stereocenters. The maximum absolute atomic E-state index is 13.8. The minimum Gasteiger partial charge on any atom is -0.489 e. The lowest BCUT2D eigenvalue weighted by atomic mass is 10.1. The Morgan fingerprint density at radius 2 is 1.74 bits per heavy atom. The number of pyridine rings is 1. The van der Waals surface area contributed by atoms with Crippen LogP contribution in [0.2, 0.25) is 10.0 Å². The fraction of sp³-hybridized carbons (Fsp3) is 0.211. The number of halogens is 3. The molecular weight excluding hydrogens is 394 g/mol. The average molecular weight is 413 g/mol. The van der Waals surface area contributed by atoms with Crippen LogP contribution < -0.4 is 15.4 Å². The molecule has 0 aliphatic carbocycles. The first-order valence-electron chi connectivity index (χ1n) is 8.02. The highest BCUT2D eigenvalue weighted by atomic mass is 35.5. The number of hydrogen-bond acceptors (Lipinski definition) is 5. The maximum atomic E-state index is 13.8. The van der Waals surface area contributed by atoms with E-state index in [1.165, 1.54) is 7.11 Å². The normalized spacial score (nSPS) is 10.3. The van der Waals surface area contributed by atoms with E-state index < -0.39 is 5.95 Å². The van der Waals surface area contributed by atoms with Crippen LogP contribution >= 0.6 is 23.2 Å². The molecule has 1 aromatic heterocycles. The molecule has 0 amide bonds. The van der Waals surface area contributed by atoms with Crippen LogP contribution in [0.15, 0.2) is 42.5 Å². The number of ether oxygens (including phenoxy) is 2. The zero-order valence-corrected chi connectivity index (χ0v) is 16.4. The van der Waals surface area contributed by atoms with Gasteiger partial charge in [-0.1, -0.05) is 35.3 Å². The Morgan fingerprint density at radius 1 is 1.00 bits per heavy atom. The molecule has 8 heteroatoms. The van der Waals surface area contributed by atoms with Crippen LogP contribution in [0, 0.1) is 5.95 Å². The molecule has 3 aromatic rings. The molecule has 0 aliphatic heterocycles. The van der Waals surface area contributed by atoms with Crippen LogP contribution in [0.4, 0.5) is 4.39 Å². The van der Waals surface area contributed by atoms with Gasteiger partial charge in [0.25, 0.3) is 5.95 Å². The van der Waals surface area contributed by atoms with Crippen LogP contribution in [0.1, 0.15) is 12.6 Å². The molecule has 1 heterocycles. The Hall–Kier alpha value is -2.12. The second-order valence-corrected chi connectivity index (χ2v) is 6.05. The monoisotopic (exact) mass is 412 g/mol. The van der Waals surface area contributed by atoms with Gasteiger partial charge in [0.1, 0.15) is 12.4 Å². The van der Waals surface area contributed by atoms with E-state index in [4.69, 9.17) is 32.7 Å². The molecular formula is C19H19Cl2FN2O3. The topological polar surface area (TPSA) is 66.6 Å². The Labute approximate surface area is 166 Å². The smallest absolute Gasteiger partial charge is 0.255 e. The molecule has 0 saturated carbocycles. The van der Waals surface area contributed by atoms with Crippen LogP contribution in [0.25, 0.3) is 10.8 Å². The number of rotatable bonds is 5. The van der Waals surface area contributed by atoms with Gasteiger partial charge < -0.3 is 14.3 Å². The second-order valence-electron chi connectivity index (χ2n) is 5.26. The summed E-state index contributed by atoms with van der Waals surface area (Å²) in [5.74, 6) is 4.46. The first-order valence-corrected chi connectivity index (χ1v) is 8.78. The molecule has 0 bridgehead atoms. The van der Waals surface area contributed by atoms with Gasteiger partial charge in [-0.3, -0.25) is 0 Å². The molecule has 0 fully saturated rings. The number of fused-ring (bicyclic) bond motifs is 1. The summed E-state index contributed by atoms with van der Waals surface area (Å²) in [6.07, 6.45) is 0. The van der Waals surface area contributed by atoms with E-state index in [-0.39, 0.29) is 12.4 Å². The molecule has 0 spiro atoms. The SMILES string of the molecule is CCOc1ccc(COc2cccc3c(Cl)c(Cl)ccc23)nc1F.CON. The predicted molar refractivity (Wildman–Crippen MR) is 105 cm³/mol. The largest absolute Gasteiger partial charge is 0.489 e. The average Bonchev–Trinajstić information content (AvgIpc) is 2.66. The molecule has 2 N–H and O–H groups in total. The third-order valence-corrected chi connectivity index (χ3v) is 4.28. The van der Waals surface area contributed by atoms with Crippen molar-refractivity contribution in [1.29, 1.82) is 0 Å². The summed E-state index contributed by atoms with van der Waals surface area (Å²) in [5.41, 5.74) is 0.466. The number of nitrogens with zero attached hydrogens (tertiary/aromatic N) is 1. The van der Waals surface area contributed by atoms with Gasteiger partial charge in [-0.05, 0) is 37.3 Å². The van der Waals surface area contributed by atoms with Crippen LogP contribution in [-0.2, 0) is 11.4 Å². The van der Waals surface area contributed by atoms with Crippen molar-refractivity contribution in [2.24, 2.45) is 5.90 Å². The third kappa shape index (κ3) is 5.43. The lowest BCUT2D eigenvalue weighted by molar-refractivity contribution is 0.206. The summed E-state index contributed by atoms with van der Waals surface area (Å²) in [4.78, 5) is 7.60. The lowest BCUT2D eigenvalue weighted by Gasteiger charge is -2.11. The summed E-state index contributed by atoms with van der Waals surface area (Å²) in [7, 11) is 1.40. The summed E-state index contributed by atoms with van der Waals surface area (Å²) in [6.45, 7) is 2.30. The van der Waals surface area contributed by atoms with E-state index in [0.29, 0.717) is 28.1 Å². The highest BCUT2D eigenvalue weighted by Crippen LogP contribution is 2.35. The van der Waals surface area contributed by atoms with Crippen molar-refractivity contribution in [2.75, 3.05) is 13.7 Å². The van der Waals surface area contributed by atoms with Crippen molar-refractivity contribution in [3.8, 4) is 11.5 Å². The summed E-state index contributed by atoms with van der Waals surface area (Å²) >= 11 is 12.3. The van der Waals surface area contributed by atoms with Gasteiger partial charge in [0.15, 0.2) is 5.75 Å². The van der Waals surface area contributed by atoms with E-state index in [9.17, 15) is 4.39 Å². The number of nitrogens with two attached hydrogens (primary N) is 1. The van der Waals surface area contributed by atoms with Crippen LogP contribution in [-0.4, -0.2) is 18.7 Å². The molecule has 0 saturated heterocycles. The van der Waals surface area contributed by atoms with Crippen molar-refractivity contribution < 1.29 is 18.7 Å². The summed E-state index contributed by atoms with van der Waals surface area (Å²) in [6, 6.07) is 12.3. The van der Waals surface area contributed by atoms with Crippen molar-refractivity contribution in [3.63, 3.8) is 0 Å². The van der Waals surface area contributed by atoms with Crippen molar-refractivity contribution >= 4 is 34.0 Å². The molecule has 0 atom stereocenters. The first-order chi connectivity index (χ1) is 13.0. The highest BCUT2D eigenvalue weighted by molar-refractivity contribution is 6.45. The molecule has 5 nitrogen and oxygen atoms in total. The van der Waals surface area contributed by atoms with Crippen molar-refractivity contribution in [1.82, 2.24) is 4.98 Å². The number of benzene rings is 2. The zero-order valence-electron chi connectivity index (χ0n) is 14.8. The molecule has 144 valence electrons. The predicted octanol–water partition coefficient (Wildman–Crippen LogP) is 5.16. The third-order valence-electron chi connectivity index (χ3n) is 3.46. The molecule has 0 aliphatic rings. The van der Waals surface area contributed by atoms with E-state index in [2.05, 4.69) is 15.7 Å².